The lowest BCUT2D eigenvalue weighted by Gasteiger charge is -2.22. The van der Waals surface area contributed by atoms with E-state index in [0.717, 1.165) is 40.5 Å². The number of hydrogen-bond donors (Lipinski definition) is 2. The van der Waals surface area contributed by atoms with Crippen LogP contribution in [-0.2, 0) is 40.6 Å². The van der Waals surface area contributed by atoms with Crippen LogP contribution in [0, 0.1) is 0 Å². The Morgan fingerprint density at radius 1 is 1.03 bits per heavy atom. The van der Waals surface area contributed by atoms with Crippen LogP contribution in [0.15, 0.2) is 35.2 Å². The van der Waals surface area contributed by atoms with E-state index in [2.05, 4.69) is 14.9 Å². The second-order valence-electron chi connectivity index (χ2n) is 7.23. The zero-order valence-electron chi connectivity index (χ0n) is 16.0. The van der Waals surface area contributed by atoms with Gasteiger partial charge in [0.05, 0.1) is 17.3 Å². The van der Waals surface area contributed by atoms with Gasteiger partial charge in [0.15, 0.2) is 9.84 Å². The van der Waals surface area contributed by atoms with Crippen molar-refractivity contribution in [3.63, 3.8) is 0 Å². The fourth-order valence-electron chi connectivity index (χ4n) is 3.84. The monoisotopic (exact) mass is 470 g/mol. The van der Waals surface area contributed by atoms with E-state index in [4.69, 9.17) is 4.89 Å². The first-order chi connectivity index (χ1) is 14.0. The summed E-state index contributed by atoms with van der Waals surface area (Å²) in [6.07, 6.45) is 9.08. The van der Waals surface area contributed by atoms with Crippen molar-refractivity contribution in [2.24, 2.45) is 0 Å². The van der Waals surface area contributed by atoms with E-state index in [-0.39, 0.29) is 4.90 Å². The Balaban J connectivity index is 1.69. The van der Waals surface area contributed by atoms with E-state index in [1.165, 1.54) is 0 Å². The zero-order chi connectivity index (χ0) is 21.7. The van der Waals surface area contributed by atoms with Crippen molar-refractivity contribution in [2.45, 2.75) is 17.7 Å². The van der Waals surface area contributed by atoms with Gasteiger partial charge in [0.1, 0.15) is 0 Å². The van der Waals surface area contributed by atoms with E-state index in [1.54, 1.807) is 12.1 Å². The Morgan fingerprint density at radius 3 is 2.33 bits per heavy atom. The minimum atomic E-state index is -4.86. The SMILES string of the molecule is CP(=O)(O)OP(=O)(O)OCCS(=O)(=O)c1cc2c3c(ccc4c3c1C=CC4)CC=C2. The molecule has 2 atom stereocenters. The van der Waals surface area contributed by atoms with E-state index in [9.17, 15) is 22.4 Å². The Bertz CT molecular complexity index is 1300. The van der Waals surface area contributed by atoms with Crippen molar-refractivity contribution in [2.75, 3.05) is 19.0 Å². The highest BCUT2D eigenvalue weighted by Crippen LogP contribution is 2.57. The fraction of sp³-hybridized carbons (Fsp3) is 0.263. The van der Waals surface area contributed by atoms with Gasteiger partial charge in [-0.15, -0.1) is 0 Å². The van der Waals surface area contributed by atoms with Crippen LogP contribution in [0.1, 0.15) is 22.3 Å². The molecule has 0 spiro atoms. The highest BCUT2D eigenvalue weighted by Gasteiger charge is 2.31. The largest absolute Gasteiger partial charge is 0.479 e. The van der Waals surface area contributed by atoms with Crippen molar-refractivity contribution in [1.29, 1.82) is 0 Å². The van der Waals surface area contributed by atoms with Crippen molar-refractivity contribution in [3.05, 3.63) is 52.6 Å². The van der Waals surface area contributed by atoms with Gasteiger partial charge < -0.3 is 9.79 Å². The third kappa shape index (κ3) is 4.25. The highest BCUT2D eigenvalue weighted by atomic mass is 32.2. The van der Waals surface area contributed by atoms with Gasteiger partial charge in [0.25, 0.3) is 0 Å². The maximum Gasteiger partial charge on any atom is 0.479 e. The number of hydrogen-bond acceptors (Lipinski definition) is 6. The predicted octanol–water partition coefficient (Wildman–Crippen LogP) is 3.70. The fourth-order valence-corrected chi connectivity index (χ4v) is 7.34. The molecule has 0 aromatic heterocycles. The molecule has 0 fully saturated rings. The topological polar surface area (TPSA) is 127 Å². The van der Waals surface area contributed by atoms with Crippen LogP contribution in [-0.4, -0.2) is 37.2 Å². The molecule has 30 heavy (non-hydrogen) atoms. The summed E-state index contributed by atoms with van der Waals surface area (Å²) in [7, 11) is -13.0. The van der Waals surface area contributed by atoms with E-state index < -0.39 is 37.6 Å². The molecule has 2 unspecified atom stereocenters. The van der Waals surface area contributed by atoms with Crippen molar-refractivity contribution in [3.8, 4) is 0 Å². The average molecular weight is 470 g/mol. The highest BCUT2D eigenvalue weighted by molar-refractivity contribution is 7.91. The van der Waals surface area contributed by atoms with Crippen LogP contribution < -0.4 is 0 Å². The van der Waals surface area contributed by atoms with Gasteiger partial charge in [-0.05, 0) is 46.4 Å². The van der Waals surface area contributed by atoms with Crippen molar-refractivity contribution < 1.29 is 36.2 Å². The summed E-state index contributed by atoms with van der Waals surface area (Å²) in [6, 6.07) is 5.71. The summed E-state index contributed by atoms with van der Waals surface area (Å²) in [5, 5.41) is 1.97. The van der Waals surface area contributed by atoms with Gasteiger partial charge in [-0.2, -0.15) is 0 Å². The molecule has 2 N–H and O–H groups in total. The maximum atomic E-state index is 13.1. The first kappa shape index (κ1) is 21.7. The maximum absolute atomic E-state index is 13.1. The lowest BCUT2D eigenvalue weighted by Crippen LogP contribution is -2.15. The minimum absolute atomic E-state index is 0.117. The first-order valence-electron chi connectivity index (χ1n) is 9.13. The van der Waals surface area contributed by atoms with Gasteiger partial charge in [-0.25, -0.2) is 17.3 Å². The lowest BCUT2D eigenvalue weighted by atomic mass is 9.85. The molecule has 0 heterocycles. The van der Waals surface area contributed by atoms with Gasteiger partial charge in [-0.1, -0.05) is 36.4 Å². The van der Waals surface area contributed by atoms with Crippen LogP contribution in [0.5, 0.6) is 0 Å². The molecule has 0 radical (unpaired) electrons. The summed E-state index contributed by atoms with van der Waals surface area (Å²) in [6.45, 7) is 0.0580. The number of benzene rings is 2. The van der Waals surface area contributed by atoms with Gasteiger partial charge in [-0.3, -0.25) is 9.09 Å². The van der Waals surface area contributed by atoms with Crippen LogP contribution >= 0.6 is 15.4 Å². The second kappa shape index (κ2) is 7.53. The molecule has 4 rings (SSSR count). The molecule has 0 saturated carbocycles. The van der Waals surface area contributed by atoms with Crippen LogP contribution in [0.3, 0.4) is 0 Å². The Labute approximate surface area is 173 Å². The normalized spacial score (nSPS) is 18.9. The zero-order valence-corrected chi connectivity index (χ0v) is 18.6. The first-order valence-corrected chi connectivity index (χ1v) is 14.3. The summed E-state index contributed by atoms with van der Waals surface area (Å²) in [5.74, 6) is -0.592. The molecule has 160 valence electrons. The summed E-state index contributed by atoms with van der Waals surface area (Å²) < 4.78 is 57.7. The van der Waals surface area contributed by atoms with E-state index in [0.29, 0.717) is 12.0 Å². The van der Waals surface area contributed by atoms with Gasteiger partial charge in [0.2, 0.25) is 0 Å². The molecule has 0 saturated heterocycles. The number of sulfone groups is 1. The number of phosphoric ester groups is 1. The van der Waals surface area contributed by atoms with E-state index in [1.807, 2.05) is 24.3 Å². The standard InChI is InChI=1S/C19H20O8P2S/c1-28(20,21)27-29(22,23)26-10-11-30(24,25)17-12-15-6-2-4-13-8-9-14-5-3-7-16(17)19(14)18(13)15/h2-3,6-9,12H,4-5,10-11H2,1H3,(H,20,21)(H,22,23). The molecule has 0 bridgehead atoms. The van der Waals surface area contributed by atoms with Crippen molar-refractivity contribution >= 4 is 48.2 Å². The quantitative estimate of drug-likeness (QED) is 0.587. The molecule has 2 aromatic rings. The van der Waals surface area contributed by atoms with Crippen LogP contribution in [0.4, 0.5) is 0 Å². The number of allylic oxidation sites excluding steroid dienone is 2. The minimum Gasteiger partial charge on any atom is -0.324 e. The number of phosphoric acid groups is 1. The van der Waals surface area contributed by atoms with Crippen LogP contribution in [0.2, 0.25) is 0 Å². The van der Waals surface area contributed by atoms with Crippen LogP contribution in [0.25, 0.3) is 22.9 Å². The smallest absolute Gasteiger partial charge is 0.324 e. The lowest BCUT2D eigenvalue weighted by molar-refractivity contribution is 0.206. The summed E-state index contributed by atoms with van der Waals surface area (Å²) in [4.78, 5) is 18.7. The Morgan fingerprint density at radius 2 is 1.67 bits per heavy atom. The molecular weight excluding hydrogens is 450 g/mol. The molecule has 0 aliphatic heterocycles. The Hall–Kier alpha value is -1.57. The molecule has 8 nitrogen and oxygen atoms in total. The summed E-state index contributed by atoms with van der Waals surface area (Å²) in [5.41, 5.74) is 3.60. The molecule has 0 amide bonds. The average Bonchev–Trinajstić information content (AvgIpc) is 2.63. The third-order valence-corrected chi connectivity index (χ3v) is 9.20. The molecule has 2 aliphatic carbocycles. The van der Waals surface area contributed by atoms with Gasteiger partial charge >= 0.3 is 15.4 Å². The van der Waals surface area contributed by atoms with E-state index >= 15 is 0 Å². The molecule has 2 aliphatic rings. The predicted molar refractivity (Wildman–Crippen MR) is 114 cm³/mol. The third-order valence-electron chi connectivity index (χ3n) is 4.94. The van der Waals surface area contributed by atoms with Crippen molar-refractivity contribution in [1.82, 2.24) is 0 Å². The number of rotatable bonds is 7. The Kier molecular flexibility index (Phi) is 5.44. The second-order valence-corrected chi connectivity index (χ2v) is 12.8. The molecular formula is C19H20O8P2S. The molecule has 11 heteroatoms. The van der Waals surface area contributed by atoms with Gasteiger partial charge in [0, 0.05) is 12.2 Å². The molecule has 2 aromatic carbocycles. The summed E-state index contributed by atoms with van der Waals surface area (Å²) >= 11 is 0.